The molecule has 0 bridgehead atoms. The highest BCUT2D eigenvalue weighted by molar-refractivity contribution is 7.92. The van der Waals surface area contributed by atoms with E-state index < -0.39 is 10.0 Å². The predicted octanol–water partition coefficient (Wildman–Crippen LogP) is 4.58. The fourth-order valence-electron chi connectivity index (χ4n) is 2.53. The van der Waals surface area contributed by atoms with Crippen LogP contribution in [0.15, 0.2) is 54.1 Å². The van der Waals surface area contributed by atoms with Gasteiger partial charge in [-0.25, -0.2) is 8.42 Å². The Morgan fingerprint density at radius 2 is 1.89 bits per heavy atom. The van der Waals surface area contributed by atoms with Crippen LogP contribution in [0, 0.1) is 0 Å². The van der Waals surface area contributed by atoms with Crippen molar-refractivity contribution in [1.29, 1.82) is 0 Å². The van der Waals surface area contributed by atoms with Crippen LogP contribution < -0.4 is 9.46 Å². The van der Waals surface area contributed by atoms with Crippen LogP contribution >= 0.6 is 23.2 Å². The summed E-state index contributed by atoms with van der Waals surface area (Å²) in [7, 11) is -3.35. The van der Waals surface area contributed by atoms with Crippen LogP contribution in [0.3, 0.4) is 0 Å². The molecule has 1 N–H and O–H groups in total. The second kappa shape index (κ2) is 7.76. The molecule has 2 aromatic carbocycles. The summed E-state index contributed by atoms with van der Waals surface area (Å²) in [6, 6.07) is 9.53. The summed E-state index contributed by atoms with van der Waals surface area (Å²) in [5, 5.41) is 0.943. The summed E-state index contributed by atoms with van der Waals surface area (Å²) in [5.41, 5.74) is 2.38. The fraction of sp³-hybridized carbons (Fsp3) is 0.105. The van der Waals surface area contributed by atoms with Gasteiger partial charge in [-0.15, -0.1) is 0 Å². The number of allylic oxidation sites excluding steroid dienone is 1. The molecule has 140 valence electrons. The Kier molecular flexibility index (Phi) is 5.60. The van der Waals surface area contributed by atoms with E-state index >= 15 is 0 Å². The van der Waals surface area contributed by atoms with Crippen molar-refractivity contribution < 1.29 is 17.9 Å². The number of hydrogen-bond donors (Lipinski definition) is 1. The number of anilines is 1. The molecule has 0 radical (unpaired) electrons. The number of sulfonamides is 1. The van der Waals surface area contributed by atoms with Crippen molar-refractivity contribution in [3.63, 3.8) is 0 Å². The van der Waals surface area contributed by atoms with Crippen molar-refractivity contribution in [2.45, 2.75) is 0 Å². The van der Waals surface area contributed by atoms with Gasteiger partial charge in [-0.3, -0.25) is 9.52 Å². The molecule has 0 unspecified atom stereocenters. The van der Waals surface area contributed by atoms with Gasteiger partial charge in [0.05, 0.1) is 11.3 Å². The van der Waals surface area contributed by atoms with Crippen molar-refractivity contribution in [3.05, 3.63) is 75.3 Å². The molecule has 0 aliphatic carbocycles. The zero-order chi connectivity index (χ0) is 19.6. The number of ether oxygens (including phenoxy) is 1. The molecule has 0 saturated heterocycles. The lowest BCUT2D eigenvalue weighted by molar-refractivity contribution is 0.104. The highest BCUT2D eigenvalue weighted by Crippen LogP contribution is 2.36. The number of nitrogens with one attached hydrogen (secondary N) is 1. The van der Waals surface area contributed by atoms with Crippen molar-refractivity contribution >= 4 is 50.8 Å². The normalized spacial score (nSPS) is 13.7. The maximum atomic E-state index is 12.3. The third kappa shape index (κ3) is 5.13. The van der Waals surface area contributed by atoms with E-state index in [4.69, 9.17) is 27.9 Å². The molecule has 0 spiro atoms. The van der Waals surface area contributed by atoms with Crippen molar-refractivity contribution in [2.24, 2.45) is 0 Å². The van der Waals surface area contributed by atoms with E-state index in [-0.39, 0.29) is 12.4 Å². The van der Waals surface area contributed by atoms with E-state index in [1.165, 1.54) is 18.2 Å². The lowest BCUT2D eigenvalue weighted by Gasteiger charge is -2.17. The molecule has 0 fully saturated rings. The van der Waals surface area contributed by atoms with E-state index in [0.29, 0.717) is 27.0 Å². The van der Waals surface area contributed by atoms with Crippen molar-refractivity contribution in [1.82, 2.24) is 0 Å². The van der Waals surface area contributed by atoms with Crippen LogP contribution in [0.25, 0.3) is 6.08 Å². The SMILES string of the molecule is CS(=O)(=O)Nc1ccc(C(=O)/C=C/C2=Cc3cc(Cl)cc(Cl)c3OC2)cc1. The third-order valence-electron chi connectivity index (χ3n) is 3.68. The molecule has 1 heterocycles. The maximum absolute atomic E-state index is 12.3. The van der Waals surface area contributed by atoms with Gasteiger partial charge in [0.1, 0.15) is 12.4 Å². The Hall–Kier alpha value is -2.28. The predicted molar refractivity (Wildman–Crippen MR) is 108 cm³/mol. The van der Waals surface area contributed by atoms with Crippen LogP contribution in [0.5, 0.6) is 5.75 Å². The number of fused-ring (bicyclic) bond motifs is 1. The number of carbonyl (C=O) groups is 1. The molecule has 0 atom stereocenters. The van der Waals surface area contributed by atoms with E-state index in [0.717, 1.165) is 17.4 Å². The lowest BCUT2D eigenvalue weighted by Crippen LogP contribution is -2.09. The smallest absolute Gasteiger partial charge is 0.229 e. The largest absolute Gasteiger partial charge is 0.487 e. The molecule has 8 heteroatoms. The van der Waals surface area contributed by atoms with Gasteiger partial charge in [0, 0.05) is 21.8 Å². The maximum Gasteiger partial charge on any atom is 0.229 e. The van der Waals surface area contributed by atoms with Gasteiger partial charge in [-0.2, -0.15) is 0 Å². The summed E-state index contributed by atoms with van der Waals surface area (Å²) in [6.07, 6.45) is 6.03. The zero-order valence-electron chi connectivity index (χ0n) is 14.2. The third-order valence-corrected chi connectivity index (χ3v) is 4.79. The first-order chi connectivity index (χ1) is 12.7. The molecule has 0 saturated carbocycles. The molecule has 5 nitrogen and oxygen atoms in total. The van der Waals surface area contributed by atoms with Gasteiger partial charge in [0.2, 0.25) is 10.0 Å². The van der Waals surface area contributed by atoms with Gasteiger partial charge in [-0.05, 0) is 54.1 Å². The first-order valence-electron chi connectivity index (χ1n) is 7.84. The van der Waals surface area contributed by atoms with Crippen LogP contribution in [0.4, 0.5) is 5.69 Å². The minimum Gasteiger partial charge on any atom is -0.487 e. The molecule has 1 aliphatic heterocycles. The average molecular weight is 424 g/mol. The Labute approximate surface area is 167 Å². The highest BCUT2D eigenvalue weighted by atomic mass is 35.5. The quantitative estimate of drug-likeness (QED) is 0.564. The van der Waals surface area contributed by atoms with Crippen LogP contribution in [0.1, 0.15) is 15.9 Å². The first kappa shape index (κ1) is 19.5. The summed E-state index contributed by atoms with van der Waals surface area (Å²) >= 11 is 12.1. The van der Waals surface area contributed by atoms with Crippen LogP contribution in [-0.4, -0.2) is 27.1 Å². The summed E-state index contributed by atoms with van der Waals surface area (Å²) in [6.45, 7) is 0.287. The number of ketones is 1. The second-order valence-electron chi connectivity index (χ2n) is 5.96. The van der Waals surface area contributed by atoms with Gasteiger partial charge in [0.25, 0.3) is 0 Å². The van der Waals surface area contributed by atoms with Gasteiger partial charge in [0.15, 0.2) is 5.78 Å². The van der Waals surface area contributed by atoms with Gasteiger partial charge in [-0.1, -0.05) is 29.3 Å². The Morgan fingerprint density at radius 1 is 1.19 bits per heavy atom. The van der Waals surface area contributed by atoms with E-state index in [2.05, 4.69) is 4.72 Å². The van der Waals surface area contributed by atoms with Crippen LogP contribution in [-0.2, 0) is 10.0 Å². The second-order valence-corrected chi connectivity index (χ2v) is 8.56. The monoisotopic (exact) mass is 423 g/mol. The molecule has 2 aromatic rings. The molecular formula is C19H15Cl2NO4S. The standard InChI is InChI=1S/C19H15Cl2NO4S/c1-27(24,25)22-16-5-3-13(4-6-16)18(23)7-2-12-8-14-9-15(20)10-17(21)19(14)26-11-12/h2-10,22H,11H2,1H3/b7-2+. The number of hydrogen-bond acceptors (Lipinski definition) is 4. The molecule has 3 rings (SSSR count). The Balaban J connectivity index is 1.74. The molecule has 1 aliphatic rings. The highest BCUT2D eigenvalue weighted by Gasteiger charge is 2.15. The minimum atomic E-state index is -3.35. The molecule has 27 heavy (non-hydrogen) atoms. The van der Waals surface area contributed by atoms with E-state index in [1.54, 1.807) is 30.3 Å². The summed E-state index contributed by atoms with van der Waals surface area (Å²) in [4.78, 5) is 12.3. The van der Waals surface area contributed by atoms with Crippen LogP contribution in [0.2, 0.25) is 10.0 Å². The number of halogens is 2. The van der Waals surface area contributed by atoms with Crippen molar-refractivity contribution in [3.8, 4) is 5.75 Å². The minimum absolute atomic E-state index is 0.211. The lowest BCUT2D eigenvalue weighted by atomic mass is 10.1. The molecule has 0 aromatic heterocycles. The topological polar surface area (TPSA) is 72.5 Å². The van der Waals surface area contributed by atoms with Gasteiger partial charge < -0.3 is 4.74 Å². The van der Waals surface area contributed by atoms with Gasteiger partial charge >= 0.3 is 0 Å². The average Bonchev–Trinajstić information content (AvgIpc) is 2.58. The Morgan fingerprint density at radius 3 is 2.56 bits per heavy atom. The fourth-order valence-corrected chi connectivity index (χ4v) is 3.66. The zero-order valence-corrected chi connectivity index (χ0v) is 16.5. The molecule has 0 amide bonds. The first-order valence-corrected chi connectivity index (χ1v) is 10.5. The number of benzene rings is 2. The summed E-state index contributed by atoms with van der Waals surface area (Å²) < 4.78 is 30.4. The molecular weight excluding hydrogens is 409 g/mol. The van der Waals surface area contributed by atoms with E-state index in [9.17, 15) is 13.2 Å². The summed E-state index contributed by atoms with van der Waals surface area (Å²) in [5.74, 6) is 0.357. The number of carbonyl (C=O) groups excluding carboxylic acids is 1. The van der Waals surface area contributed by atoms with E-state index in [1.807, 2.05) is 6.08 Å². The van der Waals surface area contributed by atoms with Crippen molar-refractivity contribution in [2.75, 3.05) is 17.6 Å². The Bertz CT molecular complexity index is 1060. The number of rotatable bonds is 5.